The molecular formula is C15H17BrN4O4S. The number of halogens is 1. The Bertz CT molecular complexity index is 962. The zero-order valence-corrected chi connectivity index (χ0v) is 16.3. The van der Waals surface area contributed by atoms with Crippen molar-refractivity contribution in [3.05, 3.63) is 34.1 Å². The van der Waals surface area contributed by atoms with E-state index in [0.717, 1.165) is 9.65 Å². The topological polar surface area (TPSA) is 105 Å². The molecule has 1 N–H and O–H groups in total. The molecule has 1 amide bonds. The van der Waals surface area contributed by atoms with Crippen LogP contribution < -0.4 is 4.90 Å². The van der Waals surface area contributed by atoms with Crippen LogP contribution in [0.25, 0.3) is 0 Å². The fourth-order valence-corrected chi connectivity index (χ4v) is 4.80. The molecule has 1 aromatic heterocycles. The molecule has 8 nitrogen and oxygen atoms in total. The highest BCUT2D eigenvalue weighted by Gasteiger charge is 2.30. The summed E-state index contributed by atoms with van der Waals surface area (Å²) in [7, 11) is -4.03. The van der Waals surface area contributed by atoms with Gasteiger partial charge >= 0.3 is 0 Å². The molecular weight excluding hydrogens is 412 g/mol. The van der Waals surface area contributed by atoms with Gasteiger partial charge in [-0.25, -0.2) is 0 Å². The predicted octanol–water partition coefficient (Wildman–Crippen LogP) is 1.41. The van der Waals surface area contributed by atoms with E-state index in [9.17, 15) is 18.3 Å². The van der Waals surface area contributed by atoms with Gasteiger partial charge in [0, 0.05) is 23.6 Å². The number of anilines is 1. The van der Waals surface area contributed by atoms with Gasteiger partial charge in [0.15, 0.2) is 0 Å². The van der Waals surface area contributed by atoms with Crippen molar-refractivity contribution >= 4 is 37.5 Å². The molecule has 0 saturated carbocycles. The highest BCUT2D eigenvalue weighted by atomic mass is 79.9. The lowest BCUT2D eigenvalue weighted by Gasteiger charge is -2.16. The van der Waals surface area contributed by atoms with Gasteiger partial charge in [0.2, 0.25) is 5.91 Å². The number of fused-ring (bicyclic) bond motifs is 1. The molecule has 0 atom stereocenters. The maximum atomic E-state index is 12.9. The Kier molecular flexibility index (Phi) is 4.25. The first-order valence-corrected chi connectivity index (χ1v) is 9.76. The first-order chi connectivity index (χ1) is 11.5. The molecule has 10 heteroatoms. The molecule has 0 aliphatic carbocycles. The van der Waals surface area contributed by atoms with Gasteiger partial charge < -0.3 is 10.0 Å². The highest BCUT2D eigenvalue weighted by molar-refractivity contribution is 9.10. The van der Waals surface area contributed by atoms with Gasteiger partial charge in [0.25, 0.3) is 10.0 Å². The fourth-order valence-electron chi connectivity index (χ4n) is 2.66. The van der Waals surface area contributed by atoms with E-state index in [0.29, 0.717) is 23.1 Å². The second-order valence-electron chi connectivity index (χ2n) is 6.37. The van der Waals surface area contributed by atoms with E-state index < -0.39 is 15.6 Å². The standard InChI is InChI=1S/C15H17BrN4O4S/c1-9(21)19-5-4-10-6-11(16)13(7-12(10)19)25(23,24)20-8-14(17-18-20)15(2,3)22/h6-8,22H,4-5H2,1-3H3. The molecule has 2 heterocycles. The Morgan fingerprint density at radius 1 is 1.36 bits per heavy atom. The monoisotopic (exact) mass is 428 g/mol. The summed E-state index contributed by atoms with van der Waals surface area (Å²) in [6.07, 6.45) is 1.84. The minimum absolute atomic E-state index is 0.0217. The Morgan fingerprint density at radius 2 is 2.04 bits per heavy atom. The Labute approximate surface area is 153 Å². The Hall–Kier alpha value is -1.78. The predicted molar refractivity (Wildman–Crippen MR) is 93.7 cm³/mol. The molecule has 0 unspecified atom stereocenters. The van der Waals surface area contributed by atoms with E-state index >= 15 is 0 Å². The minimum atomic E-state index is -4.03. The third kappa shape index (κ3) is 3.09. The molecule has 0 fully saturated rings. The summed E-state index contributed by atoms with van der Waals surface area (Å²) in [5.74, 6) is -0.144. The zero-order valence-electron chi connectivity index (χ0n) is 13.9. The summed E-state index contributed by atoms with van der Waals surface area (Å²) >= 11 is 3.29. The fraction of sp³-hybridized carbons (Fsp3) is 0.400. The van der Waals surface area contributed by atoms with Crippen LogP contribution in [-0.2, 0) is 26.8 Å². The number of nitrogens with zero attached hydrogens (tertiary/aromatic N) is 4. The van der Waals surface area contributed by atoms with Crippen molar-refractivity contribution < 1.29 is 18.3 Å². The zero-order chi connectivity index (χ0) is 18.6. The number of carbonyl (C=O) groups is 1. The molecule has 0 bridgehead atoms. The van der Waals surface area contributed by atoms with E-state index in [1.54, 1.807) is 11.0 Å². The second kappa shape index (κ2) is 5.89. The molecule has 0 spiro atoms. The lowest BCUT2D eigenvalue weighted by molar-refractivity contribution is -0.116. The number of hydrogen-bond donors (Lipinski definition) is 1. The third-order valence-corrected chi connectivity index (χ3v) is 6.52. The van der Waals surface area contributed by atoms with Crippen molar-refractivity contribution in [1.29, 1.82) is 0 Å². The van der Waals surface area contributed by atoms with Crippen LogP contribution in [-0.4, -0.2) is 40.4 Å². The van der Waals surface area contributed by atoms with Crippen LogP contribution in [0.4, 0.5) is 5.69 Å². The summed E-state index contributed by atoms with van der Waals surface area (Å²) in [6, 6.07) is 3.17. The summed E-state index contributed by atoms with van der Waals surface area (Å²) in [6.45, 7) is 4.94. The van der Waals surface area contributed by atoms with Crippen molar-refractivity contribution in [2.45, 2.75) is 37.7 Å². The number of hydrogen-bond acceptors (Lipinski definition) is 6. The van der Waals surface area contributed by atoms with Gasteiger partial charge in [-0.3, -0.25) is 4.79 Å². The van der Waals surface area contributed by atoms with Crippen LogP contribution in [0, 0.1) is 0 Å². The highest BCUT2D eigenvalue weighted by Crippen LogP contribution is 2.36. The number of aromatic nitrogens is 3. The minimum Gasteiger partial charge on any atom is -0.384 e. The number of carbonyl (C=O) groups excluding carboxylic acids is 1. The molecule has 1 aromatic carbocycles. The maximum absolute atomic E-state index is 12.9. The van der Waals surface area contributed by atoms with E-state index in [2.05, 4.69) is 26.2 Å². The van der Waals surface area contributed by atoms with Crippen LogP contribution in [0.5, 0.6) is 0 Å². The van der Waals surface area contributed by atoms with Crippen LogP contribution in [0.15, 0.2) is 27.7 Å². The van der Waals surface area contributed by atoms with Crippen LogP contribution in [0.3, 0.4) is 0 Å². The van der Waals surface area contributed by atoms with Gasteiger partial charge in [0.05, 0.1) is 6.20 Å². The molecule has 0 saturated heterocycles. The van der Waals surface area contributed by atoms with Crippen molar-refractivity contribution in [3.8, 4) is 0 Å². The average Bonchev–Trinajstić information content (AvgIpc) is 3.12. The van der Waals surface area contributed by atoms with Crippen LogP contribution >= 0.6 is 15.9 Å². The molecule has 3 rings (SSSR count). The van der Waals surface area contributed by atoms with Gasteiger partial charge in [0.1, 0.15) is 16.2 Å². The SMILES string of the molecule is CC(=O)N1CCc2cc(Br)c(S(=O)(=O)n3cc(C(C)(C)O)nn3)cc21. The average molecular weight is 429 g/mol. The van der Waals surface area contributed by atoms with Crippen molar-refractivity contribution in [3.63, 3.8) is 0 Å². The largest absolute Gasteiger partial charge is 0.384 e. The van der Waals surface area contributed by atoms with Gasteiger partial charge in [-0.15, -0.1) is 9.19 Å². The summed E-state index contributed by atoms with van der Waals surface area (Å²) in [5, 5.41) is 17.3. The lowest BCUT2D eigenvalue weighted by atomic mass is 10.1. The number of rotatable bonds is 3. The van der Waals surface area contributed by atoms with Gasteiger partial charge in [-0.1, -0.05) is 5.21 Å². The Balaban J connectivity index is 2.11. The van der Waals surface area contributed by atoms with Crippen LogP contribution in [0.1, 0.15) is 32.0 Å². The van der Waals surface area contributed by atoms with Crippen LogP contribution in [0.2, 0.25) is 0 Å². The van der Waals surface area contributed by atoms with Crippen molar-refractivity contribution in [2.75, 3.05) is 11.4 Å². The number of amides is 1. The van der Waals surface area contributed by atoms with E-state index in [4.69, 9.17) is 0 Å². The molecule has 134 valence electrons. The van der Waals surface area contributed by atoms with Crippen molar-refractivity contribution in [1.82, 2.24) is 14.4 Å². The third-order valence-electron chi connectivity index (χ3n) is 4.03. The molecule has 0 radical (unpaired) electrons. The maximum Gasteiger partial charge on any atom is 0.285 e. The quantitative estimate of drug-likeness (QED) is 0.791. The van der Waals surface area contributed by atoms with Crippen molar-refractivity contribution in [2.24, 2.45) is 0 Å². The molecule has 25 heavy (non-hydrogen) atoms. The molecule has 1 aliphatic rings. The number of aliphatic hydroxyl groups is 1. The summed E-state index contributed by atoms with van der Waals surface area (Å²) in [5.41, 5.74) is 0.307. The van der Waals surface area contributed by atoms with E-state index in [-0.39, 0.29) is 16.5 Å². The first kappa shape index (κ1) is 18.0. The summed E-state index contributed by atoms with van der Waals surface area (Å²) in [4.78, 5) is 13.3. The summed E-state index contributed by atoms with van der Waals surface area (Å²) < 4.78 is 26.9. The first-order valence-electron chi connectivity index (χ1n) is 7.53. The second-order valence-corrected chi connectivity index (χ2v) is 8.99. The smallest absolute Gasteiger partial charge is 0.285 e. The van der Waals surface area contributed by atoms with Gasteiger partial charge in [-0.05, 0) is 53.9 Å². The molecule has 1 aliphatic heterocycles. The van der Waals surface area contributed by atoms with Gasteiger partial charge in [-0.2, -0.15) is 8.42 Å². The van der Waals surface area contributed by atoms with E-state index in [1.165, 1.54) is 33.0 Å². The normalized spacial score (nSPS) is 14.7. The number of benzene rings is 1. The lowest BCUT2D eigenvalue weighted by Crippen LogP contribution is -2.26. The van der Waals surface area contributed by atoms with E-state index in [1.807, 2.05) is 0 Å². The Morgan fingerprint density at radius 3 is 2.60 bits per heavy atom. The molecule has 2 aromatic rings.